The fourth-order valence-corrected chi connectivity index (χ4v) is 3.76. The van der Waals surface area contributed by atoms with Crippen molar-refractivity contribution in [2.75, 3.05) is 7.11 Å². The lowest BCUT2D eigenvalue weighted by Gasteiger charge is -2.20. The number of aryl methyl sites for hydroxylation is 2. The van der Waals surface area contributed by atoms with Crippen LogP contribution >= 0.6 is 11.8 Å². The number of rotatable bonds is 5. The highest BCUT2D eigenvalue weighted by molar-refractivity contribution is 8.00. The van der Waals surface area contributed by atoms with E-state index < -0.39 is 5.25 Å². The fourth-order valence-electron chi connectivity index (χ4n) is 2.71. The molecular formula is C18H20N4O2S. The standard InChI is InChI=1S/C18H20N4O2S/c1-11-10-12(2)22-17(19-11)20-18(21-22)25-15(16(23)24-4)13(3)14-8-6-5-7-9-14/h5-10,13,15H,1-4H3/t13-,15-/m1/s1. The van der Waals surface area contributed by atoms with Crippen molar-refractivity contribution in [2.45, 2.75) is 37.1 Å². The van der Waals surface area contributed by atoms with Gasteiger partial charge in [-0.2, -0.15) is 4.98 Å². The first-order valence-corrected chi connectivity index (χ1v) is 8.88. The van der Waals surface area contributed by atoms with Crippen LogP contribution in [0.5, 0.6) is 0 Å². The Kier molecular flexibility index (Phi) is 5.03. The second-order valence-corrected chi connectivity index (χ2v) is 7.01. The molecule has 7 heteroatoms. The lowest BCUT2D eigenvalue weighted by molar-refractivity contribution is -0.140. The molecule has 0 radical (unpaired) electrons. The van der Waals surface area contributed by atoms with Gasteiger partial charge in [-0.25, -0.2) is 9.50 Å². The van der Waals surface area contributed by atoms with Crippen LogP contribution in [-0.4, -0.2) is 37.9 Å². The molecule has 0 aliphatic carbocycles. The van der Waals surface area contributed by atoms with Gasteiger partial charge in [-0.1, -0.05) is 49.0 Å². The van der Waals surface area contributed by atoms with Crippen LogP contribution in [0.15, 0.2) is 41.6 Å². The van der Waals surface area contributed by atoms with Crippen LogP contribution < -0.4 is 0 Å². The summed E-state index contributed by atoms with van der Waals surface area (Å²) < 4.78 is 6.70. The number of carbonyl (C=O) groups excluding carboxylic acids is 1. The van der Waals surface area contributed by atoms with E-state index in [2.05, 4.69) is 15.1 Å². The van der Waals surface area contributed by atoms with Gasteiger partial charge in [0.1, 0.15) is 5.25 Å². The molecule has 0 saturated heterocycles. The monoisotopic (exact) mass is 356 g/mol. The van der Waals surface area contributed by atoms with Gasteiger partial charge in [-0.3, -0.25) is 4.79 Å². The molecule has 3 rings (SSSR count). The number of ether oxygens (including phenoxy) is 1. The Bertz CT molecular complexity index is 895. The first-order valence-electron chi connectivity index (χ1n) is 8.00. The Morgan fingerprint density at radius 2 is 1.92 bits per heavy atom. The minimum atomic E-state index is -0.439. The Labute approximate surface area is 150 Å². The van der Waals surface area contributed by atoms with E-state index in [4.69, 9.17) is 4.74 Å². The van der Waals surface area contributed by atoms with Crippen LogP contribution in [0.3, 0.4) is 0 Å². The summed E-state index contributed by atoms with van der Waals surface area (Å²) >= 11 is 1.31. The molecule has 0 saturated carbocycles. The minimum Gasteiger partial charge on any atom is -0.468 e. The summed E-state index contributed by atoms with van der Waals surface area (Å²) in [6.45, 7) is 5.88. The maximum absolute atomic E-state index is 12.3. The second-order valence-electron chi connectivity index (χ2n) is 5.91. The fraction of sp³-hybridized carbons (Fsp3) is 0.333. The molecule has 2 aromatic heterocycles. The summed E-state index contributed by atoms with van der Waals surface area (Å²) in [6.07, 6.45) is 0. The van der Waals surface area contributed by atoms with Crippen LogP contribution in [0.4, 0.5) is 0 Å². The average Bonchev–Trinajstić information content (AvgIpc) is 3.02. The molecule has 0 unspecified atom stereocenters. The summed E-state index contributed by atoms with van der Waals surface area (Å²) in [5, 5.41) is 4.56. The molecule has 130 valence electrons. The van der Waals surface area contributed by atoms with Gasteiger partial charge in [0, 0.05) is 17.3 Å². The number of carbonyl (C=O) groups is 1. The van der Waals surface area contributed by atoms with Crippen LogP contribution in [0.2, 0.25) is 0 Å². The number of nitrogens with zero attached hydrogens (tertiary/aromatic N) is 4. The predicted molar refractivity (Wildman–Crippen MR) is 96.8 cm³/mol. The zero-order valence-corrected chi connectivity index (χ0v) is 15.4. The van der Waals surface area contributed by atoms with E-state index in [1.165, 1.54) is 18.9 Å². The van der Waals surface area contributed by atoms with Crippen molar-refractivity contribution in [2.24, 2.45) is 0 Å². The summed E-state index contributed by atoms with van der Waals surface area (Å²) in [5.41, 5.74) is 2.91. The van der Waals surface area contributed by atoms with Gasteiger partial charge in [0.05, 0.1) is 7.11 Å². The Morgan fingerprint density at radius 3 is 2.60 bits per heavy atom. The molecule has 0 spiro atoms. The lowest BCUT2D eigenvalue weighted by Crippen LogP contribution is -2.25. The zero-order valence-electron chi connectivity index (χ0n) is 14.6. The molecule has 6 nitrogen and oxygen atoms in total. The molecule has 1 aromatic carbocycles. The molecule has 0 N–H and O–H groups in total. The second kappa shape index (κ2) is 7.23. The summed E-state index contributed by atoms with van der Waals surface area (Å²) in [6, 6.07) is 11.8. The van der Waals surface area contributed by atoms with Crippen molar-refractivity contribution in [1.82, 2.24) is 19.6 Å². The highest BCUT2D eigenvalue weighted by atomic mass is 32.2. The molecule has 0 aliphatic rings. The average molecular weight is 356 g/mol. The molecule has 25 heavy (non-hydrogen) atoms. The molecule has 2 atom stereocenters. The van der Waals surface area contributed by atoms with E-state index in [0.717, 1.165) is 17.0 Å². The quantitative estimate of drug-likeness (QED) is 0.517. The number of benzene rings is 1. The number of hydrogen-bond donors (Lipinski definition) is 0. The van der Waals surface area contributed by atoms with Crippen LogP contribution in [0.1, 0.15) is 29.8 Å². The van der Waals surface area contributed by atoms with Crippen molar-refractivity contribution in [3.8, 4) is 0 Å². The Hall–Kier alpha value is -2.41. The van der Waals surface area contributed by atoms with Crippen molar-refractivity contribution in [3.63, 3.8) is 0 Å². The van der Waals surface area contributed by atoms with Gasteiger partial charge in [-0.05, 0) is 25.5 Å². The van der Waals surface area contributed by atoms with Gasteiger partial charge in [0.2, 0.25) is 5.16 Å². The zero-order chi connectivity index (χ0) is 18.0. The van der Waals surface area contributed by atoms with Crippen LogP contribution in [0.25, 0.3) is 5.78 Å². The summed E-state index contributed by atoms with van der Waals surface area (Å²) in [4.78, 5) is 21.2. The Balaban J connectivity index is 1.93. The summed E-state index contributed by atoms with van der Waals surface area (Å²) in [5.74, 6) is 0.207. The van der Waals surface area contributed by atoms with Gasteiger partial charge in [-0.15, -0.1) is 5.10 Å². The van der Waals surface area contributed by atoms with Crippen LogP contribution in [-0.2, 0) is 9.53 Å². The number of aromatic nitrogens is 4. The SMILES string of the molecule is COC(=O)[C@H](Sc1nc2nc(C)cc(C)n2n1)[C@H](C)c1ccccc1. The topological polar surface area (TPSA) is 69.4 Å². The van der Waals surface area contributed by atoms with Crippen LogP contribution in [0, 0.1) is 13.8 Å². The van der Waals surface area contributed by atoms with Gasteiger partial charge in [0.15, 0.2) is 0 Å². The Morgan fingerprint density at radius 1 is 1.20 bits per heavy atom. The van der Waals surface area contributed by atoms with E-state index in [1.54, 1.807) is 4.52 Å². The van der Waals surface area contributed by atoms with E-state index in [1.807, 2.05) is 57.2 Å². The molecule has 0 aliphatic heterocycles. The number of hydrogen-bond acceptors (Lipinski definition) is 6. The molecule has 3 aromatic rings. The lowest BCUT2D eigenvalue weighted by atomic mass is 9.97. The van der Waals surface area contributed by atoms with Crippen molar-refractivity contribution in [1.29, 1.82) is 0 Å². The minimum absolute atomic E-state index is 0.0407. The maximum Gasteiger partial charge on any atom is 0.319 e. The molecule has 0 bridgehead atoms. The normalized spacial score (nSPS) is 13.6. The third-order valence-corrected chi connectivity index (χ3v) is 5.28. The molecule has 0 fully saturated rings. The van der Waals surface area contributed by atoms with Gasteiger partial charge < -0.3 is 4.74 Å². The first kappa shape index (κ1) is 17.4. The van der Waals surface area contributed by atoms with Crippen molar-refractivity contribution >= 4 is 23.5 Å². The van der Waals surface area contributed by atoms with Gasteiger partial charge in [0.25, 0.3) is 5.78 Å². The number of esters is 1. The molecular weight excluding hydrogens is 336 g/mol. The highest BCUT2D eigenvalue weighted by Gasteiger charge is 2.30. The van der Waals surface area contributed by atoms with E-state index in [9.17, 15) is 4.79 Å². The van der Waals surface area contributed by atoms with Crippen molar-refractivity contribution in [3.05, 3.63) is 53.3 Å². The summed E-state index contributed by atoms with van der Waals surface area (Å²) in [7, 11) is 1.40. The smallest absolute Gasteiger partial charge is 0.319 e. The van der Waals surface area contributed by atoms with E-state index in [-0.39, 0.29) is 11.9 Å². The predicted octanol–water partition coefficient (Wildman–Crippen LogP) is 3.18. The third kappa shape index (κ3) is 3.66. The van der Waals surface area contributed by atoms with Gasteiger partial charge >= 0.3 is 5.97 Å². The number of fused-ring (bicyclic) bond motifs is 1. The maximum atomic E-state index is 12.3. The molecule has 0 amide bonds. The molecule has 2 heterocycles. The first-order chi connectivity index (χ1) is 12.0. The largest absolute Gasteiger partial charge is 0.468 e. The van der Waals surface area contributed by atoms with Crippen molar-refractivity contribution < 1.29 is 9.53 Å². The number of thioether (sulfide) groups is 1. The van der Waals surface area contributed by atoms with E-state index >= 15 is 0 Å². The third-order valence-electron chi connectivity index (χ3n) is 4.04. The number of methoxy groups -OCH3 is 1. The highest BCUT2D eigenvalue weighted by Crippen LogP contribution is 2.33. The van der Waals surface area contributed by atoms with E-state index in [0.29, 0.717) is 10.9 Å².